The molecule has 4 aromatic rings. The zero-order valence-corrected chi connectivity index (χ0v) is 11.3. The first-order chi connectivity index (χ1) is 9.81. The van der Waals surface area contributed by atoms with E-state index in [-0.39, 0.29) is 0 Å². The maximum atomic E-state index is 6.03. The van der Waals surface area contributed by atoms with Gasteiger partial charge in [-0.2, -0.15) is 0 Å². The molecule has 0 fully saturated rings. The molecule has 0 unspecified atom stereocenters. The Hall–Kier alpha value is -2.54. The van der Waals surface area contributed by atoms with Crippen molar-refractivity contribution in [1.29, 1.82) is 0 Å². The van der Waals surface area contributed by atoms with Crippen molar-refractivity contribution in [2.45, 2.75) is 6.92 Å². The van der Waals surface area contributed by atoms with Gasteiger partial charge in [0.1, 0.15) is 11.3 Å². The summed E-state index contributed by atoms with van der Waals surface area (Å²) in [5.41, 5.74) is 3.28. The van der Waals surface area contributed by atoms with Crippen LogP contribution >= 0.6 is 0 Å². The van der Waals surface area contributed by atoms with Gasteiger partial charge in [-0.1, -0.05) is 54.6 Å². The molecule has 96 valence electrons. The Labute approximate surface area is 117 Å². The molecule has 0 aliphatic heterocycles. The molecule has 0 amide bonds. The molecule has 0 saturated carbocycles. The van der Waals surface area contributed by atoms with E-state index >= 15 is 0 Å². The number of hydrogen-bond donors (Lipinski definition) is 0. The standard InChI is InChI=1S/C19H14O/c1-13-5-4-8-17-12-18(20-19(13)17)16-10-9-14-6-2-3-7-15(14)11-16/h2-12H,1H3. The third-order valence-corrected chi connectivity index (χ3v) is 3.77. The maximum absolute atomic E-state index is 6.03. The smallest absolute Gasteiger partial charge is 0.137 e. The van der Waals surface area contributed by atoms with Crippen molar-refractivity contribution in [3.63, 3.8) is 0 Å². The zero-order valence-electron chi connectivity index (χ0n) is 11.3. The van der Waals surface area contributed by atoms with Crippen LogP contribution in [0, 0.1) is 6.92 Å². The molecular weight excluding hydrogens is 244 g/mol. The SMILES string of the molecule is Cc1cccc2cc(-c3ccc4ccccc4c3)oc12. The minimum Gasteiger partial charge on any atom is -0.456 e. The fourth-order valence-electron chi connectivity index (χ4n) is 2.69. The van der Waals surface area contributed by atoms with Crippen LogP contribution in [0.4, 0.5) is 0 Å². The lowest BCUT2D eigenvalue weighted by molar-refractivity contribution is 0.629. The molecule has 1 heteroatoms. The van der Waals surface area contributed by atoms with E-state index in [2.05, 4.69) is 73.7 Å². The third kappa shape index (κ3) is 1.71. The second kappa shape index (κ2) is 4.24. The summed E-state index contributed by atoms with van der Waals surface area (Å²) in [6.45, 7) is 2.08. The van der Waals surface area contributed by atoms with E-state index in [1.54, 1.807) is 0 Å². The van der Waals surface area contributed by atoms with Crippen LogP contribution in [0.5, 0.6) is 0 Å². The number of hydrogen-bond acceptors (Lipinski definition) is 1. The molecule has 0 N–H and O–H groups in total. The van der Waals surface area contributed by atoms with E-state index < -0.39 is 0 Å². The van der Waals surface area contributed by atoms with Crippen molar-refractivity contribution in [3.8, 4) is 11.3 Å². The summed E-state index contributed by atoms with van der Waals surface area (Å²) in [6, 6.07) is 23.2. The molecule has 0 aliphatic carbocycles. The van der Waals surface area contributed by atoms with E-state index in [1.807, 2.05) is 0 Å². The highest BCUT2D eigenvalue weighted by molar-refractivity contribution is 5.89. The highest BCUT2D eigenvalue weighted by Gasteiger charge is 2.08. The second-order valence-electron chi connectivity index (χ2n) is 5.17. The highest BCUT2D eigenvalue weighted by atomic mass is 16.3. The fraction of sp³-hybridized carbons (Fsp3) is 0.0526. The van der Waals surface area contributed by atoms with Gasteiger partial charge in [0, 0.05) is 10.9 Å². The van der Waals surface area contributed by atoms with E-state index in [9.17, 15) is 0 Å². The molecule has 4 rings (SSSR count). The number of benzene rings is 3. The zero-order chi connectivity index (χ0) is 13.5. The van der Waals surface area contributed by atoms with Crippen LogP contribution in [0.3, 0.4) is 0 Å². The summed E-state index contributed by atoms with van der Waals surface area (Å²) in [4.78, 5) is 0. The van der Waals surface area contributed by atoms with E-state index in [4.69, 9.17) is 4.42 Å². The van der Waals surface area contributed by atoms with Gasteiger partial charge in [-0.15, -0.1) is 0 Å². The van der Waals surface area contributed by atoms with Crippen LogP contribution in [-0.2, 0) is 0 Å². The first-order valence-corrected chi connectivity index (χ1v) is 6.79. The molecule has 0 aliphatic rings. The Kier molecular flexibility index (Phi) is 2.40. The van der Waals surface area contributed by atoms with Gasteiger partial charge in [0.15, 0.2) is 0 Å². The Morgan fingerprint density at radius 2 is 1.50 bits per heavy atom. The van der Waals surface area contributed by atoms with Gasteiger partial charge in [-0.3, -0.25) is 0 Å². The summed E-state index contributed by atoms with van der Waals surface area (Å²) in [5, 5.41) is 3.65. The monoisotopic (exact) mass is 258 g/mol. The first kappa shape index (κ1) is 11.3. The maximum Gasteiger partial charge on any atom is 0.137 e. The molecular formula is C19H14O. The van der Waals surface area contributed by atoms with Crippen molar-refractivity contribution in [1.82, 2.24) is 0 Å². The summed E-state index contributed by atoms with van der Waals surface area (Å²) in [6.07, 6.45) is 0. The molecule has 3 aromatic carbocycles. The molecule has 0 spiro atoms. The van der Waals surface area contributed by atoms with Crippen molar-refractivity contribution in [2.24, 2.45) is 0 Å². The van der Waals surface area contributed by atoms with E-state index in [0.717, 1.165) is 22.3 Å². The fourth-order valence-corrected chi connectivity index (χ4v) is 2.69. The molecule has 0 atom stereocenters. The average molecular weight is 258 g/mol. The van der Waals surface area contributed by atoms with Crippen molar-refractivity contribution < 1.29 is 4.42 Å². The molecule has 0 bridgehead atoms. The predicted molar refractivity (Wildman–Crippen MR) is 83.9 cm³/mol. The lowest BCUT2D eigenvalue weighted by Crippen LogP contribution is -1.75. The van der Waals surface area contributed by atoms with Crippen LogP contribution in [0.1, 0.15) is 5.56 Å². The van der Waals surface area contributed by atoms with Crippen LogP contribution < -0.4 is 0 Å². The minimum absolute atomic E-state index is 0.931. The van der Waals surface area contributed by atoms with Gasteiger partial charge in [-0.05, 0) is 35.4 Å². The molecule has 1 aromatic heterocycles. The third-order valence-electron chi connectivity index (χ3n) is 3.77. The number of para-hydroxylation sites is 1. The summed E-state index contributed by atoms with van der Waals surface area (Å²) < 4.78 is 6.03. The van der Waals surface area contributed by atoms with Crippen molar-refractivity contribution in [3.05, 3.63) is 72.3 Å². The van der Waals surface area contributed by atoms with Crippen LogP contribution in [0.25, 0.3) is 33.1 Å². The number of fused-ring (bicyclic) bond motifs is 2. The lowest BCUT2D eigenvalue weighted by atomic mass is 10.1. The molecule has 0 radical (unpaired) electrons. The first-order valence-electron chi connectivity index (χ1n) is 6.79. The van der Waals surface area contributed by atoms with Crippen LogP contribution in [-0.4, -0.2) is 0 Å². The Morgan fingerprint density at radius 1 is 0.700 bits per heavy atom. The predicted octanol–water partition coefficient (Wildman–Crippen LogP) is 5.56. The minimum atomic E-state index is 0.931. The molecule has 1 nitrogen and oxygen atoms in total. The van der Waals surface area contributed by atoms with E-state index in [0.29, 0.717) is 0 Å². The molecule has 0 saturated heterocycles. The average Bonchev–Trinajstić information content (AvgIpc) is 2.92. The van der Waals surface area contributed by atoms with Crippen LogP contribution in [0.15, 0.2) is 71.1 Å². The highest BCUT2D eigenvalue weighted by Crippen LogP contribution is 2.31. The topological polar surface area (TPSA) is 13.1 Å². The number of furan rings is 1. The molecule has 1 heterocycles. The summed E-state index contributed by atoms with van der Waals surface area (Å²) in [7, 11) is 0. The van der Waals surface area contributed by atoms with Crippen molar-refractivity contribution in [2.75, 3.05) is 0 Å². The van der Waals surface area contributed by atoms with Gasteiger partial charge in [0.05, 0.1) is 0 Å². The van der Waals surface area contributed by atoms with Gasteiger partial charge in [-0.25, -0.2) is 0 Å². The van der Waals surface area contributed by atoms with E-state index in [1.165, 1.54) is 16.3 Å². The number of rotatable bonds is 1. The van der Waals surface area contributed by atoms with Gasteiger partial charge >= 0.3 is 0 Å². The van der Waals surface area contributed by atoms with Gasteiger partial charge in [0.25, 0.3) is 0 Å². The normalized spacial score (nSPS) is 11.2. The largest absolute Gasteiger partial charge is 0.456 e. The van der Waals surface area contributed by atoms with Gasteiger partial charge < -0.3 is 4.42 Å². The van der Waals surface area contributed by atoms with Gasteiger partial charge in [0.2, 0.25) is 0 Å². The quantitative estimate of drug-likeness (QED) is 0.435. The summed E-state index contributed by atoms with van der Waals surface area (Å²) in [5.74, 6) is 0.931. The Balaban J connectivity index is 1.94. The number of aryl methyl sites for hydroxylation is 1. The second-order valence-corrected chi connectivity index (χ2v) is 5.17. The molecule has 20 heavy (non-hydrogen) atoms. The van der Waals surface area contributed by atoms with Crippen LogP contribution in [0.2, 0.25) is 0 Å². The Bertz CT molecular complexity index is 915. The lowest BCUT2D eigenvalue weighted by Gasteiger charge is -2.00. The summed E-state index contributed by atoms with van der Waals surface area (Å²) >= 11 is 0. The van der Waals surface area contributed by atoms with Crippen molar-refractivity contribution >= 4 is 21.7 Å². The Morgan fingerprint density at radius 3 is 2.35 bits per heavy atom.